The van der Waals surface area contributed by atoms with Crippen molar-refractivity contribution < 1.29 is 16.8 Å². The zero-order valence-corrected chi connectivity index (χ0v) is 11.4. The van der Waals surface area contributed by atoms with Gasteiger partial charge in [0.2, 0.25) is 10.0 Å². The van der Waals surface area contributed by atoms with Crippen LogP contribution in [0, 0.1) is 0 Å². The monoisotopic (exact) mass is 328 g/mol. The predicted octanol–water partition coefficient (Wildman–Crippen LogP) is 0.588. The molecule has 1 N–H and O–H groups in total. The quantitative estimate of drug-likeness (QED) is 0.872. The van der Waals surface area contributed by atoms with Crippen molar-refractivity contribution in [3.05, 3.63) is 22.8 Å². The van der Waals surface area contributed by atoms with E-state index in [1.54, 1.807) is 12.1 Å². The number of hydrogen-bond acceptors (Lipinski definition) is 5. The maximum Gasteiger partial charge on any atom is 0.248 e. The molecule has 0 saturated carbocycles. The molecule has 16 heavy (non-hydrogen) atoms. The number of nitrogens with one attached hydrogen (secondary N) is 1. The Labute approximate surface area is 102 Å². The summed E-state index contributed by atoms with van der Waals surface area (Å²) in [5.41, 5.74) is 0. The van der Waals surface area contributed by atoms with Gasteiger partial charge in [0, 0.05) is 12.5 Å². The second-order valence-corrected chi connectivity index (χ2v) is 8.18. The molecule has 0 spiro atoms. The maximum atomic E-state index is 11.4. The highest BCUT2D eigenvalue weighted by molar-refractivity contribution is 9.10. The first-order valence-corrected chi connectivity index (χ1v) is 8.49. The fraction of sp³-hybridized carbons (Fsp3) is 0.286. The summed E-state index contributed by atoms with van der Waals surface area (Å²) in [5.74, 6) is 0.0613. The van der Waals surface area contributed by atoms with E-state index in [2.05, 4.69) is 25.6 Å². The fourth-order valence-electron chi connectivity index (χ4n) is 0.919. The molecule has 0 aliphatic carbocycles. The Morgan fingerprint density at radius 2 is 2.00 bits per heavy atom. The Morgan fingerprint density at radius 1 is 1.38 bits per heavy atom. The Morgan fingerprint density at radius 3 is 2.50 bits per heavy atom. The number of sulfonamides is 1. The third-order valence-corrected chi connectivity index (χ3v) is 5.48. The standard InChI is InChI=1S/C7H9BrN2O4S2/c1-15(11,12)5-16(13,14)10-7-6(8)3-2-4-9-7/h2-4H,5H2,1H3,(H,9,10). The van der Waals surface area contributed by atoms with Crippen LogP contribution in [-0.4, -0.2) is 33.2 Å². The molecule has 0 aromatic carbocycles. The average molecular weight is 329 g/mol. The van der Waals surface area contributed by atoms with Crippen LogP contribution >= 0.6 is 15.9 Å². The molecule has 90 valence electrons. The van der Waals surface area contributed by atoms with Crippen molar-refractivity contribution in [1.29, 1.82) is 0 Å². The second-order valence-electron chi connectivity index (χ2n) is 3.09. The highest BCUT2D eigenvalue weighted by Crippen LogP contribution is 2.19. The normalized spacial score (nSPS) is 12.4. The van der Waals surface area contributed by atoms with Crippen molar-refractivity contribution in [2.45, 2.75) is 0 Å². The summed E-state index contributed by atoms with van der Waals surface area (Å²) in [4.78, 5) is 3.76. The number of aromatic nitrogens is 1. The molecule has 0 unspecified atom stereocenters. The van der Waals surface area contributed by atoms with Crippen molar-refractivity contribution in [3.8, 4) is 0 Å². The lowest BCUT2D eigenvalue weighted by atomic mass is 10.5. The Bertz CT molecular complexity index is 582. The Balaban J connectivity index is 2.95. The van der Waals surface area contributed by atoms with Crippen LogP contribution < -0.4 is 4.72 Å². The van der Waals surface area contributed by atoms with Gasteiger partial charge < -0.3 is 0 Å². The number of rotatable bonds is 4. The highest BCUT2D eigenvalue weighted by Gasteiger charge is 2.19. The van der Waals surface area contributed by atoms with E-state index in [0.29, 0.717) is 4.47 Å². The number of anilines is 1. The van der Waals surface area contributed by atoms with Gasteiger partial charge in [-0.2, -0.15) is 0 Å². The minimum Gasteiger partial charge on any atom is -0.266 e. The van der Waals surface area contributed by atoms with Gasteiger partial charge in [-0.05, 0) is 28.1 Å². The summed E-state index contributed by atoms with van der Waals surface area (Å²) in [7, 11) is -7.55. The molecule has 0 fully saturated rings. The topological polar surface area (TPSA) is 93.2 Å². The molecule has 0 amide bonds. The molecule has 1 aromatic heterocycles. The van der Waals surface area contributed by atoms with Gasteiger partial charge in [-0.1, -0.05) is 0 Å². The van der Waals surface area contributed by atoms with Gasteiger partial charge in [-0.15, -0.1) is 0 Å². The van der Waals surface area contributed by atoms with E-state index < -0.39 is 24.9 Å². The molecule has 0 aliphatic heterocycles. The second kappa shape index (κ2) is 4.68. The molecule has 9 heteroatoms. The number of pyridine rings is 1. The van der Waals surface area contributed by atoms with Crippen LogP contribution in [0.1, 0.15) is 0 Å². The molecule has 1 aromatic rings. The van der Waals surface area contributed by atoms with Crippen molar-refractivity contribution in [2.75, 3.05) is 16.1 Å². The molecule has 0 atom stereocenters. The predicted molar refractivity (Wildman–Crippen MR) is 64.2 cm³/mol. The SMILES string of the molecule is CS(=O)(=O)CS(=O)(=O)Nc1ncccc1Br. The van der Waals surface area contributed by atoms with Crippen LogP contribution in [0.5, 0.6) is 0 Å². The van der Waals surface area contributed by atoms with Gasteiger partial charge in [0.05, 0.1) is 4.47 Å². The Kier molecular flexibility index (Phi) is 3.92. The largest absolute Gasteiger partial charge is 0.266 e. The van der Waals surface area contributed by atoms with E-state index >= 15 is 0 Å². The molecule has 0 bridgehead atoms. The number of nitrogens with zero attached hydrogens (tertiary/aromatic N) is 1. The fourth-order valence-corrected chi connectivity index (χ4v) is 4.35. The number of hydrogen-bond donors (Lipinski definition) is 1. The zero-order valence-electron chi connectivity index (χ0n) is 8.21. The molecule has 0 aliphatic rings. The molecule has 1 heterocycles. The van der Waals surface area contributed by atoms with Crippen LogP contribution in [0.4, 0.5) is 5.82 Å². The maximum absolute atomic E-state index is 11.4. The van der Waals surface area contributed by atoms with Gasteiger partial charge in [0.15, 0.2) is 20.7 Å². The van der Waals surface area contributed by atoms with Gasteiger partial charge >= 0.3 is 0 Å². The lowest BCUT2D eigenvalue weighted by Gasteiger charge is -2.07. The van der Waals surface area contributed by atoms with E-state index in [0.717, 1.165) is 6.26 Å². The number of sulfone groups is 1. The van der Waals surface area contributed by atoms with Gasteiger partial charge in [-0.3, -0.25) is 4.72 Å². The van der Waals surface area contributed by atoms with Crippen LogP contribution in [0.25, 0.3) is 0 Å². The van der Waals surface area contributed by atoms with Crippen LogP contribution in [-0.2, 0) is 19.9 Å². The molecular formula is C7H9BrN2O4S2. The van der Waals surface area contributed by atoms with Gasteiger partial charge in [-0.25, -0.2) is 21.8 Å². The van der Waals surface area contributed by atoms with E-state index in [1.165, 1.54) is 6.20 Å². The minimum absolute atomic E-state index is 0.0613. The van der Waals surface area contributed by atoms with Gasteiger partial charge in [0.1, 0.15) is 0 Å². The van der Waals surface area contributed by atoms with Crippen molar-refractivity contribution in [1.82, 2.24) is 4.98 Å². The molecule has 6 nitrogen and oxygen atoms in total. The summed E-state index contributed by atoms with van der Waals surface area (Å²) in [6.45, 7) is 0. The summed E-state index contributed by atoms with van der Waals surface area (Å²) in [6, 6.07) is 3.20. The molecular weight excluding hydrogens is 320 g/mol. The lowest BCUT2D eigenvalue weighted by molar-refractivity contribution is 0.594. The molecule has 0 radical (unpaired) electrons. The van der Waals surface area contributed by atoms with E-state index in [9.17, 15) is 16.8 Å². The first-order chi connectivity index (χ1) is 7.20. The number of halogens is 1. The van der Waals surface area contributed by atoms with Crippen LogP contribution in [0.2, 0.25) is 0 Å². The van der Waals surface area contributed by atoms with Crippen molar-refractivity contribution >= 4 is 41.6 Å². The lowest BCUT2D eigenvalue weighted by Crippen LogP contribution is -2.22. The third-order valence-electron chi connectivity index (χ3n) is 1.38. The smallest absolute Gasteiger partial charge is 0.248 e. The summed E-state index contributed by atoms with van der Waals surface area (Å²) >= 11 is 3.09. The van der Waals surface area contributed by atoms with Crippen molar-refractivity contribution in [2.24, 2.45) is 0 Å². The first-order valence-electron chi connectivity index (χ1n) is 3.98. The minimum atomic E-state index is -3.95. The highest BCUT2D eigenvalue weighted by atomic mass is 79.9. The first kappa shape index (κ1) is 13.4. The molecule has 0 saturated heterocycles. The molecule has 1 rings (SSSR count). The van der Waals surface area contributed by atoms with Crippen LogP contribution in [0.3, 0.4) is 0 Å². The van der Waals surface area contributed by atoms with E-state index in [1.807, 2.05) is 0 Å². The van der Waals surface area contributed by atoms with E-state index in [-0.39, 0.29) is 5.82 Å². The Hall–Kier alpha value is -0.670. The average Bonchev–Trinajstić information content (AvgIpc) is 2.04. The summed E-state index contributed by atoms with van der Waals surface area (Å²) < 4.78 is 47.1. The van der Waals surface area contributed by atoms with Crippen LogP contribution in [0.15, 0.2) is 22.8 Å². The van der Waals surface area contributed by atoms with Crippen molar-refractivity contribution in [3.63, 3.8) is 0 Å². The summed E-state index contributed by atoms with van der Waals surface area (Å²) in [6.07, 6.45) is 2.24. The third kappa shape index (κ3) is 4.45. The van der Waals surface area contributed by atoms with E-state index in [4.69, 9.17) is 0 Å². The zero-order chi connectivity index (χ0) is 12.4. The summed E-state index contributed by atoms with van der Waals surface area (Å²) in [5, 5.41) is -0.969. The van der Waals surface area contributed by atoms with Gasteiger partial charge in [0.25, 0.3) is 0 Å².